The molecule has 130 valence electrons. The van der Waals surface area contributed by atoms with E-state index >= 15 is 0 Å². The molecule has 1 aliphatic carbocycles. The molecule has 0 heterocycles. The number of rotatable bonds is 3. The average molecular weight is 341 g/mol. The summed E-state index contributed by atoms with van der Waals surface area (Å²) in [6.45, 7) is 7.42. The highest BCUT2D eigenvalue weighted by Gasteiger charge is 2.48. The zero-order chi connectivity index (χ0) is 18.8. The SMILES string of the molecule is C=N/C(=N\C=C(/C)C(F)(F)F)C1(OC)C=C(C#N)C(=O)C(C)(C)C1. The Labute approximate surface area is 138 Å². The minimum atomic E-state index is -4.52. The molecule has 5 nitrogen and oxygen atoms in total. The predicted molar refractivity (Wildman–Crippen MR) is 83.6 cm³/mol. The van der Waals surface area contributed by atoms with Gasteiger partial charge in [0.1, 0.15) is 11.7 Å². The summed E-state index contributed by atoms with van der Waals surface area (Å²) in [4.78, 5) is 19.6. The molecule has 1 aliphatic rings. The van der Waals surface area contributed by atoms with Gasteiger partial charge >= 0.3 is 6.18 Å². The summed E-state index contributed by atoms with van der Waals surface area (Å²) in [6.07, 6.45) is -2.60. The number of hydrogen-bond acceptors (Lipinski definition) is 4. The monoisotopic (exact) mass is 341 g/mol. The van der Waals surface area contributed by atoms with E-state index in [2.05, 4.69) is 16.7 Å². The maximum atomic E-state index is 12.6. The summed E-state index contributed by atoms with van der Waals surface area (Å²) < 4.78 is 43.2. The van der Waals surface area contributed by atoms with Gasteiger partial charge in [0, 0.05) is 24.3 Å². The van der Waals surface area contributed by atoms with Crippen molar-refractivity contribution in [2.24, 2.45) is 15.4 Å². The van der Waals surface area contributed by atoms with Crippen LogP contribution in [0.4, 0.5) is 13.2 Å². The van der Waals surface area contributed by atoms with E-state index in [1.165, 1.54) is 13.2 Å². The highest BCUT2D eigenvalue weighted by Crippen LogP contribution is 2.40. The molecule has 1 rings (SSSR count). The van der Waals surface area contributed by atoms with Gasteiger partial charge in [0.25, 0.3) is 0 Å². The summed E-state index contributed by atoms with van der Waals surface area (Å²) in [7, 11) is 1.30. The number of halogens is 3. The highest BCUT2D eigenvalue weighted by molar-refractivity contribution is 6.07. The summed E-state index contributed by atoms with van der Waals surface area (Å²) in [5, 5.41) is 9.16. The molecule has 1 unspecified atom stereocenters. The van der Waals surface area contributed by atoms with Crippen LogP contribution in [-0.4, -0.2) is 37.2 Å². The zero-order valence-electron chi connectivity index (χ0n) is 13.9. The van der Waals surface area contributed by atoms with Crippen molar-refractivity contribution in [3.8, 4) is 6.07 Å². The molecular weight excluding hydrogens is 323 g/mol. The molecule has 1 atom stereocenters. The van der Waals surface area contributed by atoms with Gasteiger partial charge in [-0.15, -0.1) is 0 Å². The molecular formula is C16H18F3N3O2. The molecule has 0 aliphatic heterocycles. The van der Waals surface area contributed by atoms with Crippen LogP contribution in [-0.2, 0) is 9.53 Å². The first-order chi connectivity index (χ1) is 10.9. The van der Waals surface area contributed by atoms with E-state index in [9.17, 15) is 18.0 Å². The van der Waals surface area contributed by atoms with E-state index in [1.54, 1.807) is 19.9 Å². The van der Waals surface area contributed by atoms with Crippen molar-refractivity contribution in [3.63, 3.8) is 0 Å². The Morgan fingerprint density at radius 3 is 2.50 bits per heavy atom. The molecule has 24 heavy (non-hydrogen) atoms. The van der Waals surface area contributed by atoms with Crippen molar-refractivity contribution in [2.45, 2.75) is 39.0 Å². The van der Waals surface area contributed by atoms with Crippen LogP contribution in [0.3, 0.4) is 0 Å². The Morgan fingerprint density at radius 1 is 1.50 bits per heavy atom. The third-order valence-corrected chi connectivity index (χ3v) is 3.78. The van der Waals surface area contributed by atoms with E-state index in [0.717, 1.165) is 6.92 Å². The lowest BCUT2D eigenvalue weighted by molar-refractivity contribution is -0.126. The fourth-order valence-corrected chi connectivity index (χ4v) is 2.42. The Hall–Kier alpha value is -2.27. The van der Waals surface area contributed by atoms with Crippen LogP contribution in [0.25, 0.3) is 0 Å². The second kappa shape index (κ2) is 6.69. The fourth-order valence-electron chi connectivity index (χ4n) is 2.42. The lowest BCUT2D eigenvalue weighted by Gasteiger charge is -2.39. The van der Waals surface area contributed by atoms with Gasteiger partial charge in [-0.25, -0.2) is 9.98 Å². The van der Waals surface area contributed by atoms with Gasteiger partial charge < -0.3 is 4.74 Å². The first-order valence-electron chi connectivity index (χ1n) is 6.95. The van der Waals surface area contributed by atoms with Crippen LogP contribution < -0.4 is 0 Å². The van der Waals surface area contributed by atoms with Crippen molar-refractivity contribution in [2.75, 3.05) is 7.11 Å². The molecule has 0 saturated carbocycles. The second-order valence-corrected chi connectivity index (χ2v) is 6.07. The maximum absolute atomic E-state index is 12.6. The molecule has 0 N–H and O–H groups in total. The molecule has 0 spiro atoms. The molecule has 0 bridgehead atoms. The average Bonchev–Trinajstić information content (AvgIpc) is 2.49. The van der Waals surface area contributed by atoms with Crippen molar-refractivity contribution in [1.82, 2.24) is 0 Å². The van der Waals surface area contributed by atoms with Crippen molar-refractivity contribution in [1.29, 1.82) is 5.26 Å². The van der Waals surface area contributed by atoms with Gasteiger partial charge in [0.05, 0.1) is 5.57 Å². The van der Waals surface area contributed by atoms with E-state index in [0.29, 0.717) is 6.20 Å². The second-order valence-electron chi connectivity index (χ2n) is 6.07. The van der Waals surface area contributed by atoms with Gasteiger partial charge in [-0.2, -0.15) is 18.4 Å². The first-order valence-corrected chi connectivity index (χ1v) is 6.95. The minimum Gasteiger partial charge on any atom is -0.366 e. The number of hydrogen-bond donors (Lipinski definition) is 0. The molecule has 0 amide bonds. The zero-order valence-corrected chi connectivity index (χ0v) is 13.9. The van der Waals surface area contributed by atoms with Crippen molar-refractivity contribution >= 4 is 18.3 Å². The summed E-state index contributed by atoms with van der Waals surface area (Å²) >= 11 is 0. The molecule has 0 aromatic carbocycles. The number of nitriles is 1. The Kier molecular flexibility index (Phi) is 5.51. The highest BCUT2D eigenvalue weighted by atomic mass is 19.4. The number of ketones is 1. The summed E-state index contributed by atoms with van der Waals surface area (Å²) in [5.74, 6) is -0.523. The van der Waals surface area contributed by atoms with E-state index in [4.69, 9.17) is 10.00 Å². The first kappa shape index (κ1) is 19.8. The number of alkyl halides is 3. The lowest BCUT2D eigenvalue weighted by Crippen LogP contribution is -2.48. The van der Waals surface area contributed by atoms with Crippen LogP contribution in [0.5, 0.6) is 0 Å². The largest absolute Gasteiger partial charge is 0.413 e. The summed E-state index contributed by atoms with van der Waals surface area (Å²) in [5.41, 5.74) is -3.46. The third kappa shape index (κ3) is 3.79. The quantitative estimate of drug-likeness (QED) is 0.583. The number of methoxy groups -OCH3 is 1. The molecule has 0 aromatic rings. The van der Waals surface area contributed by atoms with Gasteiger partial charge in [-0.1, -0.05) is 13.8 Å². The fraction of sp³-hybridized carbons (Fsp3) is 0.500. The Morgan fingerprint density at radius 2 is 2.08 bits per heavy atom. The van der Waals surface area contributed by atoms with Crippen LogP contribution in [0.15, 0.2) is 33.4 Å². The number of carbonyl (C=O) groups is 1. The Bertz CT molecular complexity index is 682. The normalized spacial score (nSPS) is 25.1. The molecule has 0 fully saturated rings. The third-order valence-electron chi connectivity index (χ3n) is 3.78. The molecule has 0 saturated heterocycles. The van der Waals surface area contributed by atoms with Crippen molar-refractivity contribution in [3.05, 3.63) is 23.4 Å². The van der Waals surface area contributed by atoms with E-state index < -0.39 is 22.8 Å². The maximum Gasteiger partial charge on any atom is 0.413 e. The predicted octanol–water partition coefficient (Wildman–Crippen LogP) is 3.39. The molecule has 0 aromatic heterocycles. The van der Waals surface area contributed by atoms with Crippen LogP contribution in [0.2, 0.25) is 0 Å². The van der Waals surface area contributed by atoms with E-state index in [-0.39, 0.29) is 23.6 Å². The van der Waals surface area contributed by atoms with Gasteiger partial charge in [-0.3, -0.25) is 4.79 Å². The van der Waals surface area contributed by atoms with Gasteiger partial charge in [0.15, 0.2) is 11.6 Å². The lowest BCUT2D eigenvalue weighted by atomic mass is 9.69. The van der Waals surface area contributed by atoms with E-state index in [1.807, 2.05) is 0 Å². The summed E-state index contributed by atoms with van der Waals surface area (Å²) in [6, 6.07) is 1.79. The van der Waals surface area contributed by atoms with Crippen molar-refractivity contribution < 1.29 is 22.7 Å². The van der Waals surface area contributed by atoms with Crippen LogP contribution >= 0.6 is 0 Å². The number of carbonyl (C=O) groups excluding carboxylic acids is 1. The number of ether oxygens (including phenoxy) is 1. The van der Waals surface area contributed by atoms with Gasteiger partial charge in [0.2, 0.25) is 0 Å². The number of aliphatic imine (C=N–C) groups is 2. The van der Waals surface area contributed by atoms with Crippen LogP contribution in [0, 0.1) is 16.7 Å². The molecule has 8 heteroatoms. The van der Waals surface area contributed by atoms with Gasteiger partial charge in [-0.05, 0) is 26.1 Å². The number of allylic oxidation sites excluding steroid dienone is 2. The smallest absolute Gasteiger partial charge is 0.366 e. The number of nitrogens with zero attached hydrogens (tertiary/aromatic N) is 3. The van der Waals surface area contributed by atoms with Crippen LogP contribution in [0.1, 0.15) is 27.2 Å². The standard InChI is InChI=1S/C16H18F3N3O2/c1-10(16(17,18)19)8-22-13(21-4)15(24-5)6-11(7-20)12(23)14(2,3)9-15/h6,8H,4,9H2,1-3,5H3/b10-8+,22-13-. The molecule has 0 radical (unpaired) electrons. The Balaban J connectivity index is 3.51. The number of amidine groups is 1. The topological polar surface area (TPSA) is 74.8 Å². The minimum absolute atomic E-state index is 0.0667. The number of Topliss-reactive ketones (excluding diaryl/α,β-unsaturated/α-hetero) is 1.